The predicted octanol–water partition coefficient (Wildman–Crippen LogP) is 5.01. The van der Waals surface area contributed by atoms with Gasteiger partial charge >= 0.3 is 0 Å². The Bertz CT molecular complexity index is 681. The number of hydrogen-bond donors (Lipinski definition) is 1. The van der Waals surface area contributed by atoms with E-state index in [4.69, 9.17) is 0 Å². The van der Waals surface area contributed by atoms with Crippen molar-refractivity contribution in [2.75, 3.05) is 0 Å². The van der Waals surface area contributed by atoms with E-state index in [1.165, 1.54) is 43.1 Å². The minimum atomic E-state index is -2.78. The van der Waals surface area contributed by atoms with Gasteiger partial charge in [-0.15, -0.1) is 0 Å². The Balaban J connectivity index is 0.00000392. The summed E-state index contributed by atoms with van der Waals surface area (Å²) in [6, 6.07) is -0.238. The molecule has 1 fully saturated rings. The Labute approximate surface area is 190 Å². The number of aryl methyl sites for hydroxylation is 1. The molecule has 154 valence electrons. The summed E-state index contributed by atoms with van der Waals surface area (Å²) in [5, 5.41) is 6.65. The SMILES string of the molecule is C/C=C\C=C/C(C[C-](C(C)C)C1CCC1)NC(=O)c1cn(C)nc1C(F)F.[U]. The number of alkyl halides is 2. The van der Waals surface area contributed by atoms with Gasteiger partial charge in [0.05, 0.1) is 5.56 Å². The zero-order valence-corrected chi connectivity index (χ0v) is 21.2. The number of carbonyl (C=O) groups is 1. The molecular weight excluding hydrogens is 586 g/mol. The maximum Gasteiger partial charge on any atom is 0.282 e. The van der Waals surface area contributed by atoms with Crippen LogP contribution in [0, 0.1) is 48.9 Å². The van der Waals surface area contributed by atoms with Crippen LogP contribution in [-0.4, -0.2) is 21.7 Å². The normalized spacial score (nSPS) is 16.2. The quantitative estimate of drug-likeness (QED) is 0.314. The third-order valence-corrected chi connectivity index (χ3v) is 5.10. The number of nitrogens with one attached hydrogen (secondary N) is 1. The number of halogens is 2. The van der Waals surface area contributed by atoms with Crippen molar-refractivity contribution in [1.29, 1.82) is 0 Å². The molecule has 1 unspecified atom stereocenters. The van der Waals surface area contributed by atoms with Crippen LogP contribution < -0.4 is 5.32 Å². The minimum absolute atomic E-state index is 0. The fourth-order valence-corrected chi connectivity index (χ4v) is 3.47. The fraction of sp³-hybridized carbons (Fsp3) is 0.571. The van der Waals surface area contributed by atoms with Crippen molar-refractivity contribution in [1.82, 2.24) is 15.1 Å². The number of allylic oxidation sites excluding steroid dienone is 3. The van der Waals surface area contributed by atoms with Gasteiger partial charge in [0, 0.05) is 50.4 Å². The van der Waals surface area contributed by atoms with Crippen LogP contribution in [-0.2, 0) is 7.05 Å². The Morgan fingerprint density at radius 2 is 2.07 bits per heavy atom. The third-order valence-electron chi connectivity index (χ3n) is 5.10. The van der Waals surface area contributed by atoms with Crippen LogP contribution in [0.15, 0.2) is 30.5 Å². The van der Waals surface area contributed by atoms with E-state index in [9.17, 15) is 13.6 Å². The van der Waals surface area contributed by atoms with Crippen LogP contribution in [0.2, 0.25) is 0 Å². The Kier molecular flexibility index (Phi) is 10.7. The van der Waals surface area contributed by atoms with Crippen molar-refractivity contribution < 1.29 is 44.7 Å². The van der Waals surface area contributed by atoms with Crippen molar-refractivity contribution in [3.05, 3.63) is 47.7 Å². The third kappa shape index (κ3) is 6.84. The molecule has 1 saturated carbocycles. The molecule has 0 radical (unpaired) electrons. The number of hydrogen-bond acceptors (Lipinski definition) is 2. The summed E-state index contributed by atoms with van der Waals surface area (Å²) in [6.45, 7) is 6.28. The standard InChI is InChI=1S/C21H30F2N3O.U/c1-5-6-7-11-16(12-17(14(2)3)15-9-8-10-15)24-21(27)18-13-26(4)25-19(18)20(22)23;/h5-7,11,13-16,20H,8-10,12H2,1-4H3,(H,24,27);/q-1;/b6-5-,11-7-;. The molecule has 1 N–H and O–H groups in total. The van der Waals surface area contributed by atoms with Gasteiger partial charge in [0.25, 0.3) is 12.3 Å². The van der Waals surface area contributed by atoms with Crippen LogP contribution in [0.25, 0.3) is 0 Å². The Morgan fingerprint density at radius 3 is 2.57 bits per heavy atom. The van der Waals surface area contributed by atoms with Gasteiger partial charge in [-0.2, -0.15) is 23.4 Å². The first-order chi connectivity index (χ1) is 12.8. The van der Waals surface area contributed by atoms with Crippen molar-refractivity contribution in [3.8, 4) is 0 Å². The maximum absolute atomic E-state index is 13.2. The minimum Gasteiger partial charge on any atom is -0.348 e. The van der Waals surface area contributed by atoms with Gasteiger partial charge < -0.3 is 11.2 Å². The summed E-state index contributed by atoms with van der Waals surface area (Å²) < 4.78 is 27.6. The summed E-state index contributed by atoms with van der Waals surface area (Å²) in [6.07, 6.45) is 10.6. The van der Waals surface area contributed by atoms with Crippen LogP contribution in [0.1, 0.15) is 68.9 Å². The summed E-state index contributed by atoms with van der Waals surface area (Å²) in [5.74, 6) is 1.97. The molecule has 1 amide bonds. The molecule has 0 aliphatic heterocycles. The summed E-state index contributed by atoms with van der Waals surface area (Å²) >= 11 is 0. The van der Waals surface area contributed by atoms with E-state index in [1.807, 2.05) is 31.2 Å². The topological polar surface area (TPSA) is 46.9 Å². The molecule has 0 aromatic carbocycles. The second-order valence-corrected chi connectivity index (χ2v) is 7.45. The summed E-state index contributed by atoms with van der Waals surface area (Å²) in [7, 11) is 1.54. The largest absolute Gasteiger partial charge is 0.348 e. The van der Waals surface area contributed by atoms with Crippen molar-refractivity contribution in [2.45, 2.75) is 58.9 Å². The summed E-state index contributed by atoms with van der Waals surface area (Å²) in [4.78, 5) is 12.7. The molecule has 1 atom stereocenters. The molecule has 0 saturated heterocycles. The Morgan fingerprint density at radius 1 is 1.39 bits per heavy atom. The molecule has 1 aliphatic rings. The first kappa shape index (κ1) is 25.1. The molecule has 1 aliphatic carbocycles. The molecule has 7 heteroatoms. The average Bonchev–Trinajstić information content (AvgIpc) is 2.94. The van der Waals surface area contributed by atoms with Gasteiger partial charge in [-0.05, 0) is 6.92 Å². The van der Waals surface area contributed by atoms with Gasteiger partial charge in [-0.25, -0.2) is 8.78 Å². The second kappa shape index (κ2) is 11.9. The van der Waals surface area contributed by atoms with E-state index in [1.54, 1.807) is 0 Å². The van der Waals surface area contributed by atoms with Gasteiger partial charge in [-0.1, -0.05) is 57.4 Å². The number of amides is 1. The van der Waals surface area contributed by atoms with E-state index in [0.29, 0.717) is 11.8 Å². The number of aromatic nitrogens is 2. The van der Waals surface area contributed by atoms with E-state index in [0.717, 1.165) is 6.42 Å². The smallest absolute Gasteiger partial charge is 0.282 e. The number of rotatable bonds is 9. The van der Waals surface area contributed by atoms with Crippen LogP contribution in [0.3, 0.4) is 0 Å². The number of nitrogens with zero attached hydrogens (tertiary/aromatic N) is 2. The van der Waals surface area contributed by atoms with E-state index in [2.05, 4.69) is 24.3 Å². The van der Waals surface area contributed by atoms with E-state index < -0.39 is 18.0 Å². The summed E-state index contributed by atoms with van der Waals surface area (Å²) in [5.41, 5.74) is -0.537. The maximum atomic E-state index is 13.2. The van der Waals surface area contributed by atoms with E-state index in [-0.39, 0.29) is 42.7 Å². The monoisotopic (exact) mass is 616 g/mol. The van der Waals surface area contributed by atoms with Gasteiger partial charge in [0.15, 0.2) is 0 Å². The van der Waals surface area contributed by atoms with Crippen LogP contribution in [0.4, 0.5) is 8.78 Å². The number of carbonyl (C=O) groups excluding carboxylic acids is 1. The fourth-order valence-electron chi connectivity index (χ4n) is 3.47. The molecule has 1 heterocycles. The predicted molar refractivity (Wildman–Crippen MR) is 103 cm³/mol. The molecular formula is C21H30F2N3OU-. The van der Waals surface area contributed by atoms with Crippen molar-refractivity contribution in [3.63, 3.8) is 0 Å². The average molecular weight is 617 g/mol. The molecule has 0 spiro atoms. The molecule has 1 aromatic rings. The molecule has 4 nitrogen and oxygen atoms in total. The second-order valence-electron chi connectivity index (χ2n) is 7.45. The van der Waals surface area contributed by atoms with E-state index >= 15 is 0 Å². The molecule has 2 rings (SSSR count). The first-order valence-electron chi connectivity index (χ1n) is 9.61. The molecule has 28 heavy (non-hydrogen) atoms. The van der Waals surface area contributed by atoms with Crippen LogP contribution in [0.5, 0.6) is 0 Å². The first-order valence-corrected chi connectivity index (χ1v) is 9.61. The van der Waals surface area contributed by atoms with Crippen molar-refractivity contribution in [2.24, 2.45) is 18.9 Å². The van der Waals surface area contributed by atoms with Crippen LogP contribution >= 0.6 is 0 Å². The molecule has 0 bridgehead atoms. The van der Waals surface area contributed by atoms with Crippen molar-refractivity contribution >= 4 is 5.91 Å². The van der Waals surface area contributed by atoms with Gasteiger partial charge in [0.2, 0.25) is 0 Å². The molecule has 1 aromatic heterocycles. The Hall–Kier alpha value is -0.928. The van der Waals surface area contributed by atoms with Gasteiger partial charge in [0.1, 0.15) is 5.69 Å². The zero-order chi connectivity index (χ0) is 20.0. The zero-order valence-electron chi connectivity index (χ0n) is 17.1. The van der Waals surface area contributed by atoms with Gasteiger partial charge in [-0.3, -0.25) is 9.48 Å².